The van der Waals surface area contributed by atoms with Crippen molar-refractivity contribution in [2.24, 2.45) is 46.3 Å². The number of rotatable bonds is 7. The minimum Gasteiger partial charge on any atom is -0.458 e. The minimum absolute atomic E-state index is 0.0297. The van der Waals surface area contributed by atoms with Crippen molar-refractivity contribution in [3.63, 3.8) is 0 Å². The van der Waals surface area contributed by atoms with Gasteiger partial charge in [0.2, 0.25) is 0 Å². The highest BCUT2D eigenvalue weighted by Gasteiger charge is 2.60. The molecule has 0 aromatic heterocycles. The summed E-state index contributed by atoms with van der Waals surface area (Å²) in [5.74, 6) is 4.04. The first-order chi connectivity index (χ1) is 16.5. The summed E-state index contributed by atoms with van der Waals surface area (Å²) in [5, 5.41) is 0. The zero-order valence-corrected chi connectivity index (χ0v) is 23.4. The van der Waals surface area contributed by atoms with E-state index in [9.17, 15) is 9.59 Å². The van der Waals surface area contributed by atoms with Crippen LogP contribution in [0, 0.1) is 46.3 Å². The van der Waals surface area contributed by atoms with Crippen LogP contribution in [-0.4, -0.2) is 24.1 Å². The lowest BCUT2D eigenvalue weighted by Crippen LogP contribution is -2.55. The molecular weight excluding hydrogens is 436 g/mol. The Hall–Kier alpha value is -1.32. The van der Waals surface area contributed by atoms with Crippen molar-refractivity contribution >= 4 is 11.9 Å². The van der Waals surface area contributed by atoms with Crippen molar-refractivity contribution in [2.75, 3.05) is 0 Å². The molecule has 0 unspecified atom stereocenters. The topological polar surface area (TPSA) is 52.6 Å². The first-order valence-corrected chi connectivity index (χ1v) is 14.5. The number of carbonyl (C=O) groups excluding carboxylic acids is 2. The fourth-order valence-corrected chi connectivity index (χ4v) is 9.36. The first-order valence-electron chi connectivity index (χ1n) is 14.5. The Labute approximate surface area is 214 Å². The van der Waals surface area contributed by atoms with Gasteiger partial charge in [0.25, 0.3) is 0 Å². The highest BCUT2D eigenvalue weighted by molar-refractivity contribution is 5.68. The fourth-order valence-electron chi connectivity index (χ4n) is 9.36. The lowest BCUT2D eigenvalue weighted by molar-refractivity contribution is -0.170. The summed E-state index contributed by atoms with van der Waals surface area (Å²) >= 11 is 0. The Bertz CT molecular complexity index is 830. The van der Waals surface area contributed by atoms with Gasteiger partial charge in [-0.2, -0.15) is 0 Å². The zero-order chi connectivity index (χ0) is 25.5. The maximum absolute atomic E-state index is 12.0. The summed E-state index contributed by atoms with van der Waals surface area (Å²) in [6.07, 6.45) is 13.9. The molecule has 35 heavy (non-hydrogen) atoms. The molecule has 0 heterocycles. The smallest absolute Gasteiger partial charge is 0.303 e. The van der Waals surface area contributed by atoms with Gasteiger partial charge in [0.1, 0.15) is 6.10 Å². The Balaban J connectivity index is 1.55. The molecule has 198 valence electrons. The van der Waals surface area contributed by atoms with Crippen LogP contribution in [0.25, 0.3) is 0 Å². The third-order valence-electron chi connectivity index (χ3n) is 10.9. The predicted molar refractivity (Wildman–Crippen MR) is 140 cm³/mol. The molecule has 4 rings (SSSR count). The van der Waals surface area contributed by atoms with Crippen molar-refractivity contribution in [2.45, 2.75) is 125 Å². The number of fused-ring (bicyclic) bond motifs is 5. The molecule has 4 aliphatic carbocycles. The van der Waals surface area contributed by atoms with E-state index in [-0.39, 0.29) is 23.5 Å². The van der Waals surface area contributed by atoms with Crippen LogP contribution in [0.4, 0.5) is 0 Å². The highest BCUT2D eigenvalue weighted by atomic mass is 16.6. The standard InChI is InChI=1S/C31H50O4/c1-19(2)9-8-10-20(3)24-13-14-25-23-11-12-27-29(35-22(5)33)28(34-21(4)32)16-18-31(27,7)26(23)15-17-30(24,25)6/h12,19-20,23-26,28-29H,8-11,13-18H2,1-7H3/t20-,23+,24+,25-,26+,28-,29+,30+,31+/m1/s1. The van der Waals surface area contributed by atoms with Gasteiger partial charge >= 0.3 is 11.9 Å². The average molecular weight is 487 g/mol. The van der Waals surface area contributed by atoms with E-state index in [1.165, 1.54) is 64.4 Å². The van der Waals surface area contributed by atoms with Crippen molar-refractivity contribution in [1.29, 1.82) is 0 Å². The van der Waals surface area contributed by atoms with Gasteiger partial charge in [0, 0.05) is 13.8 Å². The van der Waals surface area contributed by atoms with Crippen LogP contribution in [0.2, 0.25) is 0 Å². The van der Waals surface area contributed by atoms with E-state index in [1.807, 2.05) is 0 Å². The van der Waals surface area contributed by atoms with Crippen molar-refractivity contribution in [3.8, 4) is 0 Å². The van der Waals surface area contributed by atoms with Gasteiger partial charge < -0.3 is 9.47 Å². The maximum atomic E-state index is 12.0. The van der Waals surface area contributed by atoms with Crippen LogP contribution in [0.1, 0.15) is 113 Å². The number of esters is 2. The first kappa shape index (κ1) is 26.7. The van der Waals surface area contributed by atoms with Gasteiger partial charge in [0.05, 0.1) is 0 Å². The molecule has 0 aromatic carbocycles. The van der Waals surface area contributed by atoms with Crippen molar-refractivity contribution < 1.29 is 19.1 Å². The molecular formula is C31H50O4. The van der Waals surface area contributed by atoms with E-state index in [0.29, 0.717) is 11.3 Å². The second-order valence-corrected chi connectivity index (χ2v) is 13.4. The molecule has 0 spiro atoms. The Morgan fingerprint density at radius 1 is 0.943 bits per heavy atom. The minimum atomic E-state index is -0.429. The number of hydrogen-bond donors (Lipinski definition) is 0. The highest BCUT2D eigenvalue weighted by Crippen LogP contribution is 2.67. The zero-order valence-electron chi connectivity index (χ0n) is 23.4. The summed E-state index contributed by atoms with van der Waals surface area (Å²) in [6.45, 7) is 15.2. The normalized spacial score (nSPS) is 41.3. The number of ether oxygens (including phenoxy) is 2. The van der Waals surface area contributed by atoms with Crippen LogP contribution >= 0.6 is 0 Å². The second kappa shape index (κ2) is 10.2. The number of carbonyl (C=O) groups is 2. The third kappa shape index (κ3) is 4.97. The number of hydrogen-bond acceptors (Lipinski definition) is 4. The quantitative estimate of drug-likeness (QED) is 0.276. The summed E-state index contributed by atoms with van der Waals surface area (Å²) in [5.41, 5.74) is 1.72. The molecule has 0 N–H and O–H groups in total. The van der Waals surface area contributed by atoms with E-state index in [4.69, 9.17) is 9.47 Å². The molecule has 0 saturated heterocycles. The SMILES string of the molecule is CC(=O)O[C@@H]1CC[C@]2(C)C(=CC[C@H]3[C@H]4CC[C@@H]([C@H](C)CCCC(C)C)[C@]4(C)CC[C@@H]32)[C@@H]1OC(C)=O. The maximum Gasteiger partial charge on any atom is 0.303 e. The largest absolute Gasteiger partial charge is 0.458 e. The van der Waals surface area contributed by atoms with Crippen LogP contribution in [-0.2, 0) is 19.1 Å². The fraction of sp³-hybridized carbons (Fsp3) is 0.871. The van der Waals surface area contributed by atoms with Gasteiger partial charge in [-0.15, -0.1) is 0 Å². The van der Waals surface area contributed by atoms with Gasteiger partial charge in [0.15, 0.2) is 6.10 Å². The molecule has 9 atom stereocenters. The van der Waals surface area contributed by atoms with Crippen molar-refractivity contribution in [3.05, 3.63) is 11.6 Å². The van der Waals surface area contributed by atoms with Crippen molar-refractivity contribution in [1.82, 2.24) is 0 Å². The molecule has 3 fully saturated rings. The molecule has 4 aliphatic rings. The molecule has 0 bridgehead atoms. The lowest BCUT2D eigenvalue weighted by Gasteiger charge is -2.59. The molecule has 4 nitrogen and oxygen atoms in total. The van der Waals surface area contributed by atoms with Crippen LogP contribution in [0.3, 0.4) is 0 Å². The predicted octanol–water partition coefficient (Wildman–Crippen LogP) is 7.50. The lowest BCUT2D eigenvalue weighted by atomic mass is 9.46. The molecule has 0 aromatic rings. The van der Waals surface area contributed by atoms with E-state index in [0.717, 1.165) is 48.9 Å². The molecule has 3 saturated carbocycles. The Kier molecular flexibility index (Phi) is 7.80. The third-order valence-corrected chi connectivity index (χ3v) is 10.9. The summed E-state index contributed by atoms with van der Waals surface area (Å²) in [7, 11) is 0. The average Bonchev–Trinajstić information content (AvgIpc) is 3.12. The van der Waals surface area contributed by atoms with Crippen LogP contribution in [0.15, 0.2) is 11.6 Å². The molecule has 0 aliphatic heterocycles. The summed E-state index contributed by atoms with van der Waals surface area (Å²) in [6, 6.07) is 0. The molecule has 0 amide bonds. The summed E-state index contributed by atoms with van der Waals surface area (Å²) < 4.78 is 11.5. The van der Waals surface area contributed by atoms with Crippen LogP contribution < -0.4 is 0 Å². The van der Waals surface area contributed by atoms with Gasteiger partial charge in [-0.3, -0.25) is 9.59 Å². The monoisotopic (exact) mass is 486 g/mol. The van der Waals surface area contributed by atoms with E-state index in [1.54, 1.807) is 0 Å². The summed E-state index contributed by atoms with van der Waals surface area (Å²) in [4.78, 5) is 23.8. The second-order valence-electron chi connectivity index (χ2n) is 13.4. The molecule has 0 radical (unpaired) electrons. The van der Waals surface area contributed by atoms with E-state index >= 15 is 0 Å². The van der Waals surface area contributed by atoms with E-state index in [2.05, 4.69) is 40.7 Å². The Morgan fingerprint density at radius 2 is 1.66 bits per heavy atom. The van der Waals surface area contributed by atoms with Gasteiger partial charge in [-0.25, -0.2) is 0 Å². The Morgan fingerprint density at radius 3 is 2.31 bits per heavy atom. The molecule has 4 heteroatoms. The number of allylic oxidation sites excluding steroid dienone is 1. The van der Waals surface area contributed by atoms with Crippen LogP contribution in [0.5, 0.6) is 0 Å². The van der Waals surface area contributed by atoms with Gasteiger partial charge in [-0.1, -0.05) is 60.0 Å². The van der Waals surface area contributed by atoms with E-state index < -0.39 is 6.10 Å². The van der Waals surface area contributed by atoms with Gasteiger partial charge in [-0.05, 0) is 96.9 Å².